The Labute approximate surface area is 73.1 Å². The average molecular weight is 185 g/mol. The summed E-state index contributed by atoms with van der Waals surface area (Å²) in [5.41, 5.74) is 7.30. The van der Waals surface area contributed by atoms with E-state index in [-0.39, 0.29) is 0 Å². The highest BCUT2D eigenvalue weighted by Crippen LogP contribution is 2.22. The predicted octanol–water partition coefficient (Wildman–Crippen LogP) is 1.69. The molecule has 0 bridgehead atoms. The van der Waals surface area contributed by atoms with Crippen LogP contribution in [-0.2, 0) is 11.1 Å². The van der Waals surface area contributed by atoms with Crippen LogP contribution in [0.5, 0.6) is 0 Å². The van der Waals surface area contributed by atoms with Gasteiger partial charge in [0.15, 0.2) is 0 Å². The molecular weight excluding hydrogens is 173 g/mol. The van der Waals surface area contributed by atoms with Crippen molar-refractivity contribution in [2.45, 2.75) is 13.5 Å². The van der Waals surface area contributed by atoms with Crippen LogP contribution in [0, 0.1) is 6.92 Å². The van der Waals surface area contributed by atoms with Crippen molar-refractivity contribution in [2.24, 2.45) is 5.50 Å². The number of nitrogens with two attached hydrogens (primary N) is 1. The van der Waals surface area contributed by atoms with Crippen molar-refractivity contribution in [3.63, 3.8) is 0 Å². The molecule has 0 aliphatic carbocycles. The van der Waals surface area contributed by atoms with E-state index >= 15 is 0 Å². The van der Waals surface area contributed by atoms with Crippen molar-refractivity contribution in [3.8, 4) is 0 Å². The van der Waals surface area contributed by atoms with E-state index in [9.17, 15) is 0 Å². The molecule has 0 aromatic heterocycles. The van der Waals surface area contributed by atoms with Crippen molar-refractivity contribution in [1.29, 1.82) is 0 Å². The minimum Gasteiger partial charge on any atom is -0.338 e. The molecule has 0 radical (unpaired) electrons. The zero-order chi connectivity index (χ0) is 8.97. The Morgan fingerprint density at radius 1 is 1.50 bits per heavy atom. The quantitative estimate of drug-likeness (QED) is 0.704. The number of hydrogen-bond donors (Lipinski definition) is 2. The van der Waals surface area contributed by atoms with Gasteiger partial charge in [-0.15, -0.1) is 0 Å². The Bertz CT molecular complexity index is 253. The van der Waals surface area contributed by atoms with E-state index < -0.39 is 8.53 Å². The lowest BCUT2D eigenvalue weighted by atomic mass is 10.1. The van der Waals surface area contributed by atoms with Gasteiger partial charge in [-0.1, -0.05) is 24.3 Å². The van der Waals surface area contributed by atoms with E-state index in [4.69, 9.17) is 14.9 Å². The minimum atomic E-state index is -1.74. The molecule has 3 N–H and O–H groups in total. The normalized spacial score (nSPS) is 12.9. The molecule has 0 saturated carbocycles. The molecule has 4 heteroatoms. The van der Waals surface area contributed by atoms with Crippen LogP contribution in [0.1, 0.15) is 11.1 Å². The molecule has 1 rings (SSSR count). The second-order valence-corrected chi connectivity index (χ2v) is 3.37. The lowest BCUT2D eigenvalue weighted by Gasteiger charge is -2.06. The zero-order valence-electron chi connectivity index (χ0n) is 6.90. The Hall–Kier alpha value is -0.470. The molecule has 0 spiro atoms. The fourth-order valence-corrected chi connectivity index (χ4v) is 1.18. The monoisotopic (exact) mass is 185 g/mol. The van der Waals surface area contributed by atoms with Gasteiger partial charge in [0.25, 0.3) is 0 Å². The van der Waals surface area contributed by atoms with Crippen LogP contribution in [0.15, 0.2) is 24.3 Å². The summed E-state index contributed by atoms with van der Waals surface area (Å²) in [6, 6.07) is 7.84. The maximum atomic E-state index is 8.72. The smallest absolute Gasteiger partial charge is 0.250 e. The first-order chi connectivity index (χ1) is 5.70. The van der Waals surface area contributed by atoms with Gasteiger partial charge in [0.1, 0.15) is 0 Å². The summed E-state index contributed by atoms with van der Waals surface area (Å²) in [6.45, 7) is 2.38. The summed E-state index contributed by atoms with van der Waals surface area (Å²) in [6.07, 6.45) is 0. The fourth-order valence-electron chi connectivity index (χ4n) is 0.908. The van der Waals surface area contributed by atoms with Gasteiger partial charge in [-0.25, -0.2) is 0 Å². The molecule has 66 valence electrons. The Morgan fingerprint density at radius 3 is 2.75 bits per heavy atom. The van der Waals surface area contributed by atoms with Gasteiger partial charge in [-0.2, -0.15) is 0 Å². The topological polar surface area (TPSA) is 55.5 Å². The van der Waals surface area contributed by atoms with Crippen LogP contribution in [0.2, 0.25) is 0 Å². The first kappa shape index (κ1) is 9.62. The molecule has 0 heterocycles. The van der Waals surface area contributed by atoms with Gasteiger partial charge in [0.2, 0.25) is 8.53 Å². The second-order valence-electron chi connectivity index (χ2n) is 2.50. The number of benzene rings is 1. The van der Waals surface area contributed by atoms with Crippen molar-refractivity contribution < 1.29 is 9.42 Å². The third-order valence-electron chi connectivity index (χ3n) is 1.61. The van der Waals surface area contributed by atoms with Gasteiger partial charge in [-0.3, -0.25) is 5.50 Å². The summed E-state index contributed by atoms with van der Waals surface area (Å²) >= 11 is 0. The molecule has 1 aromatic rings. The number of aryl methyl sites for hydroxylation is 1. The first-order valence-corrected chi connectivity index (χ1v) is 4.89. The standard InChI is InChI=1S/C8H12NO2P/c1-7-4-2-3-5-8(7)6-11-12(9)10/h2-5,10H,6,9H2,1H3. The molecule has 12 heavy (non-hydrogen) atoms. The number of hydrogen-bond acceptors (Lipinski definition) is 3. The summed E-state index contributed by atoms with van der Waals surface area (Å²) < 4.78 is 4.91. The Balaban J connectivity index is 2.57. The van der Waals surface area contributed by atoms with Crippen molar-refractivity contribution in [3.05, 3.63) is 35.4 Å². The molecule has 3 nitrogen and oxygen atoms in total. The predicted molar refractivity (Wildman–Crippen MR) is 49.3 cm³/mol. The van der Waals surface area contributed by atoms with Crippen molar-refractivity contribution >= 4 is 8.53 Å². The van der Waals surface area contributed by atoms with Crippen LogP contribution < -0.4 is 5.50 Å². The van der Waals surface area contributed by atoms with Crippen molar-refractivity contribution in [1.82, 2.24) is 0 Å². The number of rotatable bonds is 3. The van der Waals surface area contributed by atoms with Crippen LogP contribution in [0.3, 0.4) is 0 Å². The van der Waals surface area contributed by atoms with E-state index in [1.807, 2.05) is 31.2 Å². The average Bonchev–Trinajstić information content (AvgIpc) is 2.03. The third kappa shape index (κ3) is 2.88. The summed E-state index contributed by atoms with van der Waals surface area (Å²) in [7, 11) is -1.74. The van der Waals surface area contributed by atoms with Crippen LogP contribution in [-0.4, -0.2) is 4.89 Å². The summed E-state index contributed by atoms with van der Waals surface area (Å²) in [5.74, 6) is 0. The van der Waals surface area contributed by atoms with Crippen LogP contribution in [0.4, 0.5) is 0 Å². The van der Waals surface area contributed by atoms with Gasteiger partial charge in [-0.05, 0) is 18.1 Å². The Kier molecular flexibility index (Phi) is 3.63. The van der Waals surface area contributed by atoms with E-state index in [0.29, 0.717) is 6.61 Å². The Morgan fingerprint density at radius 2 is 2.17 bits per heavy atom. The molecule has 0 saturated heterocycles. The molecule has 1 unspecified atom stereocenters. The first-order valence-electron chi connectivity index (χ1n) is 3.61. The highest BCUT2D eigenvalue weighted by molar-refractivity contribution is 7.43. The maximum Gasteiger partial charge on any atom is 0.250 e. The SMILES string of the molecule is Cc1ccccc1COP(N)O. The highest BCUT2D eigenvalue weighted by atomic mass is 31.2. The van der Waals surface area contributed by atoms with E-state index in [0.717, 1.165) is 11.1 Å². The molecule has 1 atom stereocenters. The van der Waals surface area contributed by atoms with Gasteiger partial charge in [0, 0.05) is 0 Å². The molecular formula is C8H12NO2P. The van der Waals surface area contributed by atoms with E-state index in [1.165, 1.54) is 0 Å². The second kappa shape index (κ2) is 4.53. The van der Waals surface area contributed by atoms with E-state index in [1.54, 1.807) is 0 Å². The molecule has 0 aliphatic heterocycles. The van der Waals surface area contributed by atoms with Gasteiger partial charge < -0.3 is 9.42 Å². The maximum absolute atomic E-state index is 8.72. The minimum absolute atomic E-state index is 0.380. The third-order valence-corrected chi connectivity index (χ3v) is 2.01. The lowest BCUT2D eigenvalue weighted by Crippen LogP contribution is -1.95. The molecule has 0 aliphatic rings. The van der Waals surface area contributed by atoms with Crippen LogP contribution in [0.25, 0.3) is 0 Å². The van der Waals surface area contributed by atoms with Gasteiger partial charge >= 0.3 is 0 Å². The van der Waals surface area contributed by atoms with Crippen molar-refractivity contribution in [2.75, 3.05) is 0 Å². The van der Waals surface area contributed by atoms with Crippen LogP contribution >= 0.6 is 8.53 Å². The largest absolute Gasteiger partial charge is 0.338 e. The molecule has 1 aromatic carbocycles. The lowest BCUT2D eigenvalue weighted by molar-refractivity contribution is 0.299. The molecule has 0 amide bonds. The van der Waals surface area contributed by atoms with Gasteiger partial charge in [0.05, 0.1) is 6.61 Å². The zero-order valence-corrected chi connectivity index (χ0v) is 7.79. The highest BCUT2D eigenvalue weighted by Gasteiger charge is 2.00. The van der Waals surface area contributed by atoms with E-state index in [2.05, 4.69) is 0 Å². The fraction of sp³-hybridized carbons (Fsp3) is 0.250. The summed E-state index contributed by atoms with van der Waals surface area (Å²) in [4.78, 5) is 8.72. The summed E-state index contributed by atoms with van der Waals surface area (Å²) in [5, 5.41) is 0. The molecule has 0 fully saturated rings.